The summed E-state index contributed by atoms with van der Waals surface area (Å²) in [6, 6.07) is 16.1. The summed E-state index contributed by atoms with van der Waals surface area (Å²) in [5, 5.41) is 11.8. The van der Waals surface area contributed by atoms with Crippen molar-refractivity contribution in [2.45, 2.75) is 45.6 Å². The number of rotatable bonds is 10. The number of amides is 2. The van der Waals surface area contributed by atoms with Crippen LogP contribution in [0.4, 0.5) is 4.79 Å². The molecule has 0 bridgehead atoms. The van der Waals surface area contributed by atoms with E-state index >= 15 is 0 Å². The van der Waals surface area contributed by atoms with Gasteiger partial charge in [0.2, 0.25) is 5.91 Å². The first-order chi connectivity index (χ1) is 15.8. The number of carboxylic acid groups (broad SMARTS) is 1. The van der Waals surface area contributed by atoms with Gasteiger partial charge in [-0.2, -0.15) is 0 Å². The molecular formula is C26H32N2O5. The van der Waals surface area contributed by atoms with Crippen LogP contribution < -0.4 is 5.32 Å². The van der Waals surface area contributed by atoms with Crippen molar-refractivity contribution in [2.24, 2.45) is 5.92 Å². The van der Waals surface area contributed by atoms with E-state index in [1.165, 1.54) is 16.0 Å². The van der Waals surface area contributed by atoms with E-state index in [0.29, 0.717) is 12.8 Å². The van der Waals surface area contributed by atoms with Crippen LogP contribution in [0.25, 0.3) is 11.1 Å². The molecule has 7 nitrogen and oxygen atoms in total. The van der Waals surface area contributed by atoms with Crippen LogP contribution in [0.15, 0.2) is 48.5 Å². The molecule has 176 valence electrons. The van der Waals surface area contributed by atoms with E-state index in [-0.39, 0.29) is 37.6 Å². The van der Waals surface area contributed by atoms with Crippen molar-refractivity contribution in [1.29, 1.82) is 0 Å². The Morgan fingerprint density at radius 3 is 2.15 bits per heavy atom. The third-order valence-electron chi connectivity index (χ3n) is 6.32. The molecule has 2 amide bonds. The van der Waals surface area contributed by atoms with E-state index in [1.54, 1.807) is 6.92 Å². The molecule has 0 heterocycles. The first-order valence-electron chi connectivity index (χ1n) is 11.4. The minimum atomic E-state index is -1.03. The highest BCUT2D eigenvalue weighted by Crippen LogP contribution is 2.44. The molecule has 7 heteroatoms. The summed E-state index contributed by atoms with van der Waals surface area (Å²) in [5.74, 6) is -1.68. The van der Waals surface area contributed by atoms with Crippen molar-refractivity contribution in [3.63, 3.8) is 0 Å². The zero-order valence-electron chi connectivity index (χ0n) is 19.4. The van der Waals surface area contributed by atoms with Gasteiger partial charge >= 0.3 is 12.1 Å². The molecule has 2 unspecified atom stereocenters. The minimum absolute atomic E-state index is 0.0104. The molecule has 3 rings (SSSR count). The number of aliphatic carboxylic acids is 1. The van der Waals surface area contributed by atoms with Gasteiger partial charge in [0.05, 0.1) is 0 Å². The van der Waals surface area contributed by atoms with Gasteiger partial charge in [-0.15, -0.1) is 0 Å². The largest absolute Gasteiger partial charge is 0.480 e. The minimum Gasteiger partial charge on any atom is -0.480 e. The molecule has 1 aliphatic rings. The fourth-order valence-corrected chi connectivity index (χ4v) is 4.26. The Bertz CT molecular complexity index is 960. The van der Waals surface area contributed by atoms with Gasteiger partial charge < -0.3 is 20.1 Å². The number of fused-ring (bicyclic) bond motifs is 3. The van der Waals surface area contributed by atoms with Crippen LogP contribution >= 0.6 is 0 Å². The lowest BCUT2D eigenvalue weighted by Gasteiger charge is -2.29. The number of hydrogen-bond acceptors (Lipinski definition) is 4. The van der Waals surface area contributed by atoms with Gasteiger partial charge in [-0.25, -0.2) is 4.79 Å². The number of alkyl carbamates (subject to hydrolysis) is 1. The molecule has 0 spiro atoms. The third kappa shape index (κ3) is 5.72. The quantitative estimate of drug-likeness (QED) is 0.561. The first-order valence-corrected chi connectivity index (χ1v) is 11.4. The van der Waals surface area contributed by atoms with Gasteiger partial charge in [-0.3, -0.25) is 9.59 Å². The average molecular weight is 453 g/mol. The van der Waals surface area contributed by atoms with Gasteiger partial charge in [0, 0.05) is 24.4 Å². The number of benzene rings is 2. The maximum Gasteiger partial charge on any atom is 0.407 e. The number of carbonyl (C=O) groups is 3. The summed E-state index contributed by atoms with van der Waals surface area (Å²) in [5.41, 5.74) is 4.63. The normalized spacial score (nSPS) is 14.0. The number of nitrogens with zero attached hydrogens (tertiary/aromatic N) is 1. The lowest BCUT2D eigenvalue weighted by molar-refractivity contribution is -0.148. The molecule has 33 heavy (non-hydrogen) atoms. The lowest BCUT2D eigenvalue weighted by Crippen LogP contribution is -2.45. The Kier molecular flexibility index (Phi) is 8.09. The van der Waals surface area contributed by atoms with Crippen LogP contribution in [-0.4, -0.2) is 53.7 Å². The molecule has 0 radical (unpaired) electrons. The van der Waals surface area contributed by atoms with E-state index < -0.39 is 18.0 Å². The molecular weight excluding hydrogens is 420 g/mol. The number of carboxylic acids is 1. The number of carbonyl (C=O) groups excluding carboxylic acids is 2. The van der Waals surface area contributed by atoms with E-state index in [2.05, 4.69) is 29.6 Å². The van der Waals surface area contributed by atoms with Crippen LogP contribution in [0.2, 0.25) is 0 Å². The second-order valence-electron chi connectivity index (χ2n) is 8.56. The topological polar surface area (TPSA) is 95.9 Å². The smallest absolute Gasteiger partial charge is 0.407 e. The monoisotopic (exact) mass is 452 g/mol. The highest BCUT2D eigenvalue weighted by Gasteiger charge is 2.29. The van der Waals surface area contributed by atoms with Crippen molar-refractivity contribution >= 4 is 18.0 Å². The maximum absolute atomic E-state index is 12.7. The third-order valence-corrected chi connectivity index (χ3v) is 6.32. The van der Waals surface area contributed by atoms with Crippen LogP contribution in [0.5, 0.6) is 0 Å². The summed E-state index contributed by atoms with van der Waals surface area (Å²) < 4.78 is 5.51. The second kappa shape index (κ2) is 11.0. The fourth-order valence-electron chi connectivity index (χ4n) is 4.26. The summed E-state index contributed by atoms with van der Waals surface area (Å²) in [6.07, 6.45) is 0.542. The summed E-state index contributed by atoms with van der Waals surface area (Å²) in [6.45, 7) is 5.68. The van der Waals surface area contributed by atoms with Crippen LogP contribution in [0.3, 0.4) is 0 Å². The van der Waals surface area contributed by atoms with Crippen molar-refractivity contribution < 1.29 is 24.2 Å². The lowest BCUT2D eigenvalue weighted by atomic mass is 9.98. The summed E-state index contributed by atoms with van der Waals surface area (Å²) >= 11 is 0. The highest BCUT2D eigenvalue weighted by molar-refractivity contribution is 5.83. The zero-order valence-corrected chi connectivity index (χ0v) is 19.4. The predicted molar refractivity (Wildman–Crippen MR) is 126 cm³/mol. The van der Waals surface area contributed by atoms with Gasteiger partial charge in [0.15, 0.2) is 0 Å². The van der Waals surface area contributed by atoms with E-state index in [0.717, 1.165) is 11.1 Å². The Balaban J connectivity index is 1.50. The van der Waals surface area contributed by atoms with Crippen molar-refractivity contribution in [2.75, 3.05) is 19.7 Å². The molecule has 0 saturated carbocycles. The van der Waals surface area contributed by atoms with Gasteiger partial charge in [0.25, 0.3) is 0 Å². The molecule has 0 aromatic heterocycles. The molecule has 0 saturated heterocycles. The molecule has 0 aliphatic heterocycles. The van der Waals surface area contributed by atoms with E-state index in [1.807, 2.05) is 38.1 Å². The fraction of sp³-hybridized carbons (Fsp3) is 0.423. The molecule has 2 aromatic carbocycles. The molecule has 2 N–H and O–H groups in total. The molecule has 0 fully saturated rings. The van der Waals surface area contributed by atoms with Gasteiger partial charge in [-0.05, 0) is 42.0 Å². The first kappa shape index (κ1) is 24.3. The van der Waals surface area contributed by atoms with Crippen LogP contribution in [0.1, 0.15) is 50.7 Å². The maximum atomic E-state index is 12.7. The summed E-state index contributed by atoms with van der Waals surface area (Å²) in [7, 11) is 0. The summed E-state index contributed by atoms with van der Waals surface area (Å²) in [4.78, 5) is 37.5. The van der Waals surface area contributed by atoms with Crippen LogP contribution in [0, 0.1) is 5.92 Å². The van der Waals surface area contributed by atoms with Crippen LogP contribution in [-0.2, 0) is 14.3 Å². The van der Waals surface area contributed by atoms with E-state index in [4.69, 9.17) is 9.84 Å². The Morgan fingerprint density at radius 2 is 1.61 bits per heavy atom. The molecule has 2 atom stereocenters. The standard InChI is InChI=1S/C26H32N2O5/c1-4-18(3)28(15-24(29)30)25(31)17(2)13-14-27-26(32)33-16-23-21-11-7-5-9-19(21)20-10-6-8-12-22(20)23/h5-12,17-18,23H,4,13-16H2,1-3H3,(H,27,32)(H,29,30). The molecule has 1 aliphatic carbocycles. The predicted octanol–water partition coefficient (Wildman–Crippen LogP) is 4.26. The highest BCUT2D eigenvalue weighted by atomic mass is 16.5. The van der Waals surface area contributed by atoms with Gasteiger partial charge in [0.1, 0.15) is 13.2 Å². The number of ether oxygens (including phenoxy) is 1. The zero-order chi connectivity index (χ0) is 24.0. The van der Waals surface area contributed by atoms with Crippen molar-refractivity contribution in [3.05, 3.63) is 59.7 Å². The Morgan fingerprint density at radius 1 is 1.03 bits per heavy atom. The number of nitrogens with one attached hydrogen (secondary N) is 1. The van der Waals surface area contributed by atoms with Crippen molar-refractivity contribution in [1.82, 2.24) is 10.2 Å². The second-order valence-corrected chi connectivity index (χ2v) is 8.56. The molecule has 2 aromatic rings. The van der Waals surface area contributed by atoms with Gasteiger partial charge in [-0.1, -0.05) is 62.4 Å². The SMILES string of the molecule is CCC(C)N(CC(=O)O)C(=O)C(C)CCNC(=O)OCC1c2ccccc2-c2ccccc21. The van der Waals surface area contributed by atoms with E-state index in [9.17, 15) is 14.4 Å². The Hall–Kier alpha value is -3.35. The Labute approximate surface area is 194 Å². The average Bonchev–Trinajstić information content (AvgIpc) is 3.13. The number of hydrogen-bond donors (Lipinski definition) is 2. The van der Waals surface area contributed by atoms with Crippen molar-refractivity contribution in [3.8, 4) is 11.1 Å².